The molecule has 0 radical (unpaired) electrons. The Morgan fingerprint density at radius 3 is 2.81 bits per heavy atom. The molecular formula is C11H22NO4+. The Morgan fingerprint density at radius 2 is 2.25 bits per heavy atom. The minimum absolute atomic E-state index is 0.0922. The van der Waals surface area contributed by atoms with Crippen LogP contribution in [0.1, 0.15) is 13.8 Å². The van der Waals surface area contributed by atoms with E-state index in [0.717, 1.165) is 13.1 Å². The molecule has 0 aromatic carbocycles. The molecule has 0 aromatic rings. The van der Waals surface area contributed by atoms with E-state index >= 15 is 0 Å². The minimum atomic E-state index is -0.177. The lowest BCUT2D eigenvalue weighted by atomic mass is 10.3. The van der Waals surface area contributed by atoms with Gasteiger partial charge in [-0.1, -0.05) is 0 Å². The third-order valence-corrected chi connectivity index (χ3v) is 2.88. The fourth-order valence-electron chi connectivity index (χ4n) is 1.94. The molecule has 0 bridgehead atoms. The predicted molar refractivity (Wildman–Crippen MR) is 58.9 cm³/mol. The van der Waals surface area contributed by atoms with Gasteiger partial charge < -0.3 is 19.1 Å². The van der Waals surface area contributed by atoms with Crippen LogP contribution in [0.5, 0.6) is 0 Å². The average molecular weight is 232 g/mol. The summed E-state index contributed by atoms with van der Waals surface area (Å²) in [6.07, 6.45) is 0.200. The minimum Gasteiger partial charge on any atom is -0.456 e. The number of aliphatic hydroxyl groups excluding tert-OH is 1. The number of carbonyl (C=O) groups is 1. The van der Waals surface area contributed by atoms with Gasteiger partial charge in [-0.05, 0) is 13.8 Å². The molecule has 0 spiro atoms. The lowest BCUT2D eigenvalue weighted by Crippen LogP contribution is -2.59. The van der Waals surface area contributed by atoms with Gasteiger partial charge in [0.1, 0.15) is 26.2 Å². The standard InChI is InChI=1S/C11H22NO4/c1-10(2)15-7-4-12(3-6-13)5-8-16-11(14)9-12/h10,13H,3-9H2,1-2H3/q+1. The summed E-state index contributed by atoms with van der Waals surface area (Å²) in [5.74, 6) is -0.177. The number of carbonyl (C=O) groups excluding carboxylic acids is 1. The van der Waals surface area contributed by atoms with Crippen molar-refractivity contribution in [2.75, 3.05) is 46.0 Å². The van der Waals surface area contributed by atoms with Gasteiger partial charge in [0.05, 0.1) is 19.3 Å². The van der Waals surface area contributed by atoms with Crippen molar-refractivity contribution in [3.05, 3.63) is 0 Å². The number of nitrogens with zero attached hydrogens (tertiary/aromatic N) is 1. The van der Waals surface area contributed by atoms with Crippen LogP contribution in [0.3, 0.4) is 0 Å². The third-order valence-electron chi connectivity index (χ3n) is 2.88. The first kappa shape index (κ1) is 13.4. The van der Waals surface area contributed by atoms with Gasteiger partial charge in [-0.25, -0.2) is 4.79 Å². The molecule has 1 unspecified atom stereocenters. The predicted octanol–water partition coefficient (Wildman–Crippen LogP) is -0.223. The zero-order valence-corrected chi connectivity index (χ0v) is 10.1. The smallest absolute Gasteiger partial charge is 0.362 e. The maximum absolute atomic E-state index is 11.3. The number of aliphatic hydroxyl groups is 1. The van der Waals surface area contributed by atoms with Crippen molar-refractivity contribution in [1.29, 1.82) is 0 Å². The molecule has 1 fully saturated rings. The fraction of sp³-hybridized carbons (Fsp3) is 0.909. The van der Waals surface area contributed by atoms with Gasteiger partial charge in [0.2, 0.25) is 0 Å². The Balaban J connectivity index is 2.47. The highest BCUT2D eigenvalue weighted by molar-refractivity contribution is 5.71. The van der Waals surface area contributed by atoms with Gasteiger partial charge in [-0.2, -0.15) is 0 Å². The van der Waals surface area contributed by atoms with Gasteiger partial charge >= 0.3 is 5.97 Å². The van der Waals surface area contributed by atoms with E-state index in [1.54, 1.807) is 0 Å². The van der Waals surface area contributed by atoms with Crippen LogP contribution in [0, 0.1) is 0 Å². The topological polar surface area (TPSA) is 55.8 Å². The van der Waals surface area contributed by atoms with Crippen molar-refractivity contribution < 1.29 is 23.9 Å². The zero-order chi connectivity index (χ0) is 12.0. The molecule has 0 aromatic heterocycles. The van der Waals surface area contributed by atoms with Gasteiger partial charge in [-0.15, -0.1) is 0 Å². The molecule has 0 saturated carbocycles. The number of hydrogen-bond donors (Lipinski definition) is 1. The Morgan fingerprint density at radius 1 is 1.50 bits per heavy atom. The molecule has 1 aliphatic rings. The number of cyclic esters (lactones) is 1. The van der Waals surface area contributed by atoms with Crippen LogP contribution in [0.25, 0.3) is 0 Å². The highest BCUT2D eigenvalue weighted by atomic mass is 16.5. The molecule has 1 aliphatic heterocycles. The van der Waals surface area contributed by atoms with Gasteiger partial charge in [0.15, 0.2) is 6.54 Å². The first-order valence-corrected chi connectivity index (χ1v) is 5.81. The molecule has 16 heavy (non-hydrogen) atoms. The summed E-state index contributed by atoms with van der Waals surface area (Å²) >= 11 is 0. The second kappa shape index (κ2) is 6.18. The van der Waals surface area contributed by atoms with Crippen LogP contribution in [0.15, 0.2) is 0 Å². The average Bonchev–Trinajstić information content (AvgIpc) is 2.17. The monoisotopic (exact) mass is 232 g/mol. The van der Waals surface area contributed by atoms with Gasteiger partial charge in [0, 0.05) is 0 Å². The summed E-state index contributed by atoms with van der Waals surface area (Å²) in [6, 6.07) is 0. The maximum Gasteiger partial charge on any atom is 0.362 e. The lowest BCUT2D eigenvalue weighted by Gasteiger charge is -2.39. The van der Waals surface area contributed by atoms with Crippen LogP contribution in [0.2, 0.25) is 0 Å². The number of esters is 1. The van der Waals surface area contributed by atoms with E-state index in [0.29, 0.717) is 30.8 Å². The quantitative estimate of drug-likeness (QED) is 0.508. The number of hydrogen-bond acceptors (Lipinski definition) is 4. The van der Waals surface area contributed by atoms with E-state index in [9.17, 15) is 4.79 Å². The van der Waals surface area contributed by atoms with Crippen LogP contribution < -0.4 is 0 Å². The molecule has 1 rings (SSSR count). The highest BCUT2D eigenvalue weighted by Gasteiger charge is 2.34. The van der Waals surface area contributed by atoms with E-state index in [1.807, 2.05) is 13.8 Å². The van der Waals surface area contributed by atoms with E-state index in [1.165, 1.54) is 0 Å². The zero-order valence-electron chi connectivity index (χ0n) is 10.1. The van der Waals surface area contributed by atoms with Crippen LogP contribution in [0.4, 0.5) is 0 Å². The molecule has 94 valence electrons. The first-order chi connectivity index (χ1) is 7.58. The lowest BCUT2D eigenvalue weighted by molar-refractivity contribution is -0.926. The molecule has 1 saturated heterocycles. The SMILES string of the molecule is CC(C)OCC[N+]1(CCO)CCOC(=O)C1. The second-order valence-electron chi connectivity index (χ2n) is 4.53. The van der Waals surface area contributed by atoms with E-state index in [4.69, 9.17) is 14.6 Å². The van der Waals surface area contributed by atoms with Gasteiger partial charge in [0.25, 0.3) is 0 Å². The van der Waals surface area contributed by atoms with Crippen molar-refractivity contribution in [2.45, 2.75) is 20.0 Å². The Labute approximate surface area is 96.5 Å². The summed E-state index contributed by atoms with van der Waals surface area (Å²) in [5.41, 5.74) is 0. The molecular weight excluding hydrogens is 210 g/mol. The summed E-state index contributed by atoms with van der Waals surface area (Å²) in [7, 11) is 0. The maximum atomic E-state index is 11.3. The Bertz CT molecular complexity index is 228. The molecule has 1 N–H and O–H groups in total. The van der Waals surface area contributed by atoms with Crippen molar-refractivity contribution >= 4 is 5.97 Å². The van der Waals surface area contributed by atoms with Crippen molar-refractivity contribution in [2.24, 2.45) is 0 Å². The molecule has 1 atom stereocenters. The van der Waals surface area contributed by atoms with Crippen LogP contribution in [-0.2, 0) is 14.3 Å². The van der Waals surface area contributed by atoms with Crippen molar-refractivity contribution in [1.82, 2.24) is 0 Å². The number of ether oxygens (including phenoxy) is 2. The molecule has 0 aliphatic carbocycles. The fourth-order valence-corrected chi connectivity index (χ4v) is 1.94. The van der Waals surface area contributed by atoms with Crippen LogP contribution in [-0.4, -0.2) is 67.7 Å². The highest BCUT2D eigenvalue weighted by Crippen LogP contribution is 2.12. The normalized spacial score (nSPS) is 25.9. The van der Waals surface area contributed by atoms with E-state index in [-0.39, 0.29) is 18.7 Å². The summed E-state index contributed by atoms with van der Waals surface area (Å²) in [4.78, 5) is 11.3. The van der Waals surface area contributed by atoms with Crippen molar-refractivity contribution in [3.8, 4) is 0 Å². The number of morpholine rings is 1. The summed E-state index contributed by atoms with van der Waals surface area (Å²) < 4.78 is 11.0. The largest absolute Gasteiger partial charge is 0.456 e. The number of quaternary nitrogens is 1. The Hall–Kier alpha value is -0.650. The van der Waals surface area contributed by atoms with E-state index < -0.39 is 0 Å². The first-order valence-electron chi connectivity index (χ1n) is 5.81. The summed E-state index contributed by atoms with van der Waals surface area (Å²) in [5, 5.41) is 9.07. The Kier molecular flexibility index (Phi) is 5.18. The third kappa shape index (κ3) is 4.08. The molecule has 5 heteroatoms. The molecule has 1 heterocycles. The molecule has 5 nitrogen and oxygen atoms in total. The van der Waals surface area contributed by atoms with Crippen molar-refractivity contribution in [3.63, 3.8) is 0 Å². The summed E-state index contributed by atoms with van der Waals surface area (Å²) in [6.45, 7) is 7.60. The second-order valence-corrected chi connectivity index (χ2v) is 4.53. The van der Waals surface area contributed by atoms with Crippen LogP contribution >= 0.6 is 0 Å². The van der Waals surface area contributed by atoms with Gasteiger partial charge in [-0.3, -0.25) is 0 Å². The number of rotatable bonds is 6. The molecule has 0 amide bonds. The van der Waals surface area contributed by atoms with E-state index in [2.05, 4.69) is 0 Å².